The lowest BCUT2D eigenvalue weighted by molar-refractivity contribution is 0.0953. The molecular formula is C14H19N5O. The average Bonchev–Trinajstić information content (AvgIpc) is 2.97. The summed E-state index contributed by atoms with van der Waals surface area (Å²) in [6.45, 7) is 3.25. The second-order valence-corrected chi connectivity index (χ2v) is 4.59. The normalized spacial score (nSPS) is 10.5. The van der Waals surface area contributed by atoms with Crippen LogP contribution in [0.2, 0.25) is 0 Å². The second kappa shape index (κ2) is 6.81. The van der Waals surface area contributed by atoms with Crippen LogP contribution < -0.4 is 11.1 Å². The van der Waals surface area contributed by atoms with Gasteiger partial charge in [-0.3, -0.25) is 4.79 Å². The molecule has 1 amide bonds. The van der Waals surface area contributed by atoms with Crippen LogP contribution in [0.4, 0.5) is 0 Å². The summed E-state index contributed by atoms with van der Waals surface area (Å²) in [6, 6.07) is 5.52. The highest BCUT2D eigenvalue weighted by atomic mass is 16.1. The molecule has 0 spiro atoms. The van der Waals surface area contributed by atoms with Crippen molar-refractivity contribution >= 4 is 5.91 Å². The van der Waals surface area contributed by atoms with Crippen molar-refractivity contribution in [3.63, 3.8) is 0 Å². The number of carbonyl (C=O) groups excluding carboxylic acids is 1. The molecule has 20 heavy (non-hydrogen) atoms. The maximum Gasteiger partial charge on any atom is 0.251 e. The van der Waals surface area contributed by atoms with E-state index in [1.165, 1.54) is 6.33 Å². The van der Waals surface area contributed by atoms with Crippen molar-refractivity contribution < 1.29 is 4.79 Å². The maximum atomic E-state index is 12.0. The van der Waals surface area contributed by atoms with Gasteiger partial charge in [0.15, 0.2) is 0 Å². The highest BCUT2D eigenvalue weighted by molar-refractivity contribution is 5.94. The van der Waals surface area contributed by atoms with Crippen molar-refractivity contribution in [3.8, 4) is 5.69 Å². The fourth-order valence-corrected chi connectivity index (χ4v) is 1.96. The first-order valence-corrected chi connectivity index (χ1v) is 6.66. The molecule has 0 atom stereocenters. The zero-order valence-electron chi connectivity index (χ0n) is 11.5. The van der Waals surface area contributed by atoms with E-state index in [2.05, 4.69) is 15.4 Å². The number of carbonyl (C=O) groups is 1. The van der Waals surface area contributed by atoms with Gasteiger partial charge in [0.2, 0.25) is 0 Å². The Morgan fingerprint density at radius 3 is 2.90 bits per heavy atom. The molecule has 0 radical (unpaired) electrons. The van der Waals surface area contributed by atoms with Crippen LogP contribution in [-0.4, -0.2) is 33.8 Å². The Bertz CT molecular complexity index is 565. The third-order valence-corrected chi connectivity index (χ3v) is 3.04. The van der Waals surface area contributed by atoms with Crippen LogP contribution >= 0.6 is 0 Å². The van der Waals surface area contributed by atoms with Gasteiger partial charge in [-0.15, -0.1) is 0 Å². The molecule has 1 heterocycles. The smallest absolute Gasteiger partial charge is 0.251 e. The van der Waals surface area contributed by atoms with Gasteiger partial charge in [0, 0.05) is 12.1 Å². The van der Waals surface area contributed by atoms with Crippen molar-refractivity contribution in [2.24, 2.45) is 5.73 Å². The monoisotopic (exact) mass is 273 g/mol. The third-order valence-electron chi connectivity index (χ3n) is 3.04. The SMILES string of the molecule is Cc1cc(C(=O)NCCCCN)ccc1-n1cncn1. The minimum absolute atomic E-state index is 0.0599. The number of nitrogens with two attached hydrogens (primary N) is 1. The minimum Gasteiger partial charge on any atom is -0.352 e. The van der Waals surface area contributed by atoms with Crippen LogP contribution in [0.1, 0.15) is 28.8 Å². The van der Waals surface area contributed by atoms with E-state index in [1.807, 2.05) is 19.1 Å². The fourth-order valence-electron chi connectivity index (χ4n) is 1.96. The first-order chi connectivity index (χ1) is 9.72. The van der Waals surface area contributed by atoms with E-state index in [0.717, 1.165) is 24.1 Å². The summed E-state index contributed by atoms with van der Waals surface area (Å²) in [5.41, 5.74) is 7.96. The van der Waals surface area contributed by atoms with Gasteiger partial charge in [-0.25, -0.2) is 9.67 Å². The van der Waals surface area contributed by atoms with Gasteiger partial charge in [0.25, 0.3) is 5.91 Å². The van der Waals surface area contributed by atoms with E-state index in [1.54, 1.807) is 17.1 Å². The predicted molar refractivity (Wildman–Crippen MR) is 76.7 cm³/mol. The molecule has 6 nitrogen and oxygen atoms in total. The van der Waals surface area contributed by atoms with Crippen LogP contribution in [0.3, 0.4) is 0 Å². The van der Waals surface area contributed by atoms with Crippen LogP contribution in [-0.2, 0) is 0 Å². The summed E-state index contributed by atoms with van der Waals surface area (Å²) in [6.07, 6.45) is 4.94. The largest absolute Gasteiger partial charge is 0.352 e. The molecule has 0 bridgehead atoms. The van der Waals surface area contributed by atoms with Gasteiger partial charge in [0.05, 0.1) is 5.69 Å². The number of amides is 1. The Kier molecular flexibility index (Phi) is 4.84. The summed E-state index contributed by atoms with van der Waals surface area (Å²) in [5, 5.41) is 6.97. The molecule has 0 unspecified atom stereocenters. The van der Waals surface area contributed by atoms with Gasteiger partial charge in [0.1, 0.15) is 12.7 Å². The van der Waals surface area contributed by atoms with Gasteiger partial charge in [-0.05, 0) is 50.1 Å². The number of aryl methyl sites for hydroxylation is 1. The van der Waals surface area contributed by atoms with Crippen molar-refractivity contribution in [1.82, 2.24) is 20.1 Å². The van der Waals surface area contributed by atoms with E-state index in [4.69, 9.17) is 5.73 Å². The highest BCUT2D eigenvalue weighted by Gasteiger charge is 2.08. The zero-order chi connectivity index (χ0) is 14.4. The van der Waals surface area contributed by atoms with E-state index in [0.29, 0.717) is 18.7 Å². The quantitative estimate of drug-likeness (QED) is 0.770. The first-order valence-electron chi connectivity index (χ1n) is 6.66. The highest BCUT2D eigenvalue weighted by Crippen LogP contribution is 2.14. The van der Waals surface area contributed by atoms with Crippen LogP contribution in [0.25, 0.3) is 5.69 Å². The first kappa shape index (κ1) is 14.2. The molecule has 0 aliphatic rings. The Labute approximate surface area is 118 Å². The number of benzene rings is 1. The molecule has 1 aromatic heterocycles. The Morgan fingerprint density at radius 2 is 2.25 bits per heavy atom. The fraction of sp³-hybridized carbons (Fsp3) is 0.357. The lowest BCUT2D eigenvalue weighted by atomic mass is 10.1. The molecular weight excluding hydrogens is 254 g/mol. The molecule has 2 aromatic rings. The lowest BCUT2D eigenvalue weighted by Gasteiger charge is -2.09. The summed E-state index contributed by atoms with van der Waals surface area (Å²) in [4.78, 5) is 15.9. The van der Waals surface area contributed by atoms with Crippen LogP contribution in [0.15, 0.2) is 30.9 Å². The molecule has 106 valence electrons. The number of nitrogens with zero attached hydrogens (tertiary/aromatic N) is 3. The molecule has 2 rings (SSSR count). The lowest BCUT2D eigenvalue weighted by Crippen LogP contribution is -2.25. The van der Waals surface area contributed by atoms with Gasteiger partial charge in [-0.2, -0.15) is 5.10 Å². The zero-order valence-corrected chi connectivity index (χ0v) is 11.5. The maximum absolute atomic E-state index is 12.0. The standard InChI is InChI=1S/C14H19N5O/c1-11-8-12(14(20)17-7-3-2-6-15)4-5-13(11)19-10-16-9-18-19/h4-5,8-10H,2-3,6-7,15H2,1H3,(H,17,20). The van der Waals surface area contributed by atoms with Crippen molar-refractivity contribution in [2.45, 2.75) is 19.8 Å². The van der Waals surface area contributed by atoms with Crippen LogP contribution in [0, 0.1) is 6.92 Å². The van der Waals surface area contributed by atoms with Gasteiger partial charge >= 0.3 is 0 Å². The Hall–Kier alpha value is -2.21. The second-order valence-electron chi connectivity index (χ2n) is 4.59. The van der Waals surface area contributed by atoms with E-state index in [-0.39, 0.29) is 5.91 Å². The van der Waals surface area contributed by atoms with Crippen LogP contribution in [0.5, 0.6) is 0 Å². The van der Waals surface area contributed by atoms with Crippen molar-refractivity contribution in [1.29, 1.82) is 0 Å². The average molecular weight is 273 g/mol. The van der Waals surface area contributed by atoms with E-state index >= 15 is 0 Å². The van der Waals surface area contributed by atoms with E-state index < -0.39 is 0 Å². The predicted octanol–water partition coefficient (Wildman–Crippen LogP) is 1.04. The Balaban J connectivity index is 2.03. The number of unbranched alkanes of at least 4 members (excludes halogenated alkanes) is 1. The van der Waals surface area contributed by atoms with Gasteiger partial charge < -0.3 is 11.1 Å². The van der Waals surface area contributed by atoms with Crippen molar-refractivity contribution in [2.75, 3.05) is 13.1 Å². The third kappa shape index (κ3) is 3.42. The molecule has 6 heteroatoms. The van der Waals surface area contributed by atoms with E-state index in [9.17, 15) is 4.79 Å². The summed E-state index contributed by atoms with van der Waals surface area (Å²) in [5.74, 6) is -0.0599. The number of rotatable bonds is 6. The molecule has 0 aliphatic heterocycles. The number of nitrogens with one attached hydrogen (secondary N) is 1. The number of hydrogen-bond donors (Lipinski definition) is 2. The molecule has 1 aromatic carbocycles. The Morgan fingerprint density at radius 1 is 1.40 bits per heavy atom. The molecule has 0 aliphatic carbocycles. The minimum atomic E-state index is -0.0599. The topological polar surface area (TPSA) is 85.8 Å². The number of aromatic nitrogens is 3. The van der Waals surface area contributed by atoms with Gasteiger partial charge in [-0.1, -0.05) is 0 Å². The molecule has 0 fully saturated rings. The van der Waals surface area contributed by atoms with Crippen molar-refractivity contribution in [3.05, 3.63) is 42.0 Å². The summed E-state index contributed by atoms with van der Waals surface area (Å²) < 4.78 is 1.68. The molecule has 3 N–H and O–H groups in total. The molecule has 0 saturated heterocycles. The summed E-state index contributed by atoms with van der Waals surface area (Å²) >= 11 is 0. The molecule has 0 saturated carbocycles. The summed E-state index contributed by atoms with van der Waals surface area (Å²) in [7, 11) is 0. The number of hydrogen-bond acceptors (Lipinski definition) is 4.